The fourth-order valence-corrected chi connectivity index (χ4v) is 3.17. The zero-order valence-corrected chi connectivity index (χ0v) is 16.2. The maximum atomic E-state index is 6.03. The van der Waals surface area contributed by atoms with Gasteiger partial charge in [-0.15, -0.1) is 0 Å². The quantitative estimate of drug-likeness (QED) is 0.581. The first-order valence-electron chi connectivity index (χ1n) is 9.52. The number of rotatable bonds is 7. The SMILES string of the molecule is CN=C(NCc1ccccc1OCc1ccccc1)NCC1(C)CCCO1. The first kappa shape index (κ1) is 19.2. The molecule has 27 heavy (non-hydrogen) atoms. The molecular weight excluding hydrogens is 338 g/mol. The zero-order valence-electron chi connectivity index (χ0n) is 16.2. The monoisotopic (exact) mass is 367 g/mol. The lowest BCUT2D eigenvalue weighted by molar-refractivity contribution is 0.0243. The lowest BCUT2D eigenvalue weighted by Gasteiger charge is -2.24. The summed E-state index contributed by atoms with van der Waals surface area (Å²) in [5, 5.41) is 6.74. The Morgan fingerprint density at radius 1 is 1.11 bits per heavy atom. The van der Waals surface area contributed by atoms with E-state index in [0.29, 0.717) is 13.2 Å². The number of para-hydroxylation sites is 1. The fourth-order valence-electron chi connectivity index (χ4n) is 3.17. The van der Waals surface area contributed by atoms with Crippen LogP contribution in [0.2, 0.25) is 0 Å². The van der Waals surface area contributed by atoms with Crippen LogP contribution >= 0.6 is 0 Å². The van der Waals surface area contributed by atoms with E-state index in [1.54, 1.807) is 7.05 Å². The summed E-state index contributed by atoms with van der Waals surface area (Å²) in [5.74, 6) is 1.65. The van der Waals surface area contributed by atoms with Gasteiger partial charge < -0.3 is 20.1 Å². The molecule has 1 aliphatic heterocycles. The van der Waals surface area contributed by atoms with Crippen molar-refractivity contribution in [1.82, 2.24) is 10.6 Å². The van der Waals surface area contributed by atoms with Gasteiger partial charge in [-0.3, -0.25) is 4.99 Å². The summed E-state index contributed by atoms with van der Waals surface area (Å²) in [4.78, 5) is 4.32. The third-order valence-corrected chi connectivity index (χ3v) is 4.81. The Labute approximate surface area is 161 Å². The molecule has 0 aliphatic carbocycles. The van der Waals surface area contributed by atoms with Gasteiger partial charge in [-0.05, 0) is 31.4 Å². The molecule has 5 nitrogen and oxygen atoms in total. The van der Waals surface area contributed by atoms with Crippen molar-refractivity contribution in [3.05, 3.63) is 65.7 Å². The molecule has 0 amide bonds. The summed E-state index contributed by atoms with van der Waals surface area (Å²) in [5.41, 5.74) is 2.15. The van der Waals surface area contributed by atoms with Crippen molar-refractivity contribution in [2.45, 2.75) is 38.5 Å². The van der Waals surface area contributed by atoms with Crippen LogP contribution in [0, 0.1) is 0 Å². The number of nitrogens with zero attached hydrogens (tertiary/aromatic N) is 1. The molecule has 1 unspecified atom stereocenters. The normalized spacial score (nSPS) is 19.7. The minimum atomic E-state index is -0.103. The minimum absolute atomic E-state index is 0.103. The van der Waals surface area contributed by atoms with Gasteiger partial charge in [0.2, 0.25) is 0 Å². The first-order chi connectivity index (χ1) is 13.2. The van der Waals surface area contributed by atoms with Crippen molar-refractivity contribution in [1.29, 1.82) is 0 Å². The highest BCUT2D eigenvalue weighted by atomic mass is 16.5. The van der Waals surface area contributed by atoms with E-state index < -0.39 is 0 Å². The number of benzene rings is 2. The van der Waals surface area contributed by atoms with E-state index in [9.17, 15) is 0 Å². The molecule has 1 atom stereocenters. The second-order valence-corrected chi connectivity index (χ2v) is 7.06. The number of ether oxygens (including phenoxy) is 2. The standard InChI is InChI=1S/C22H29N3O2/c1-22(13-8-14-27-22)17-25-21(23-2)24-15-19-11-6-7-12-20(19)26-16-18-9-4-3-5-10-18/h3-7,9-12H,8,13-17H2,1-2H3,(H2,23,24,25). The Bertz CT molecular complexity index is 740. The third-order valence-electron chi connectivity index (χ3n) is 4.81. The molecule has 144 valence electrons. The van der Waals surface area contributed by atoms with Gasteiger partial charge in [0.1, 0.15) is 12.4 Å². The van der Waals surface area contributed by atoms with Gasteiger partial charge in [0.25, 0.3) is 0 Å². The maximum absolute atomic E-state index is 6.03. The second-order valence-electron chi connectivity index (χ2n) is 7.06. The van der Waals surface area contributed by atoms with Crippen LogP contribution in [-0.4, -0.2) is 31.8 Å². The van der Waals surface area contributed by atoms with E-state index in [2.05, 4.69) is 40.7 Å². The Hall–Kier alpha value is -2.53. The Morgan fingerprint density at radius 3 is 2.63 bits per heavy atom. The van der Waals surface area contributed by atoms with E-state index in [-0.39, 0.29) is 5.60 Å². The third kappa shape index (κ3) is 5.73. The molecule has 0 aromatic heterocycles. The Kier molecular flexibility index (Phi) is 6.71. The van der Waals surface area contributed by atoms with Crippen LogP contribution in [0.1, 0.15) is 30.9 Å². The van der Waals surface area contributed by atoms with E-state index in [1.165, 1.54) is 0 Å². The predicted octanol–water partition coefficient (Wildman–Crippen LogP) is 3.50. The van der Waals surface area contributed by atoms with Crippen molar-refractivity contribution in [2.75, 3.05) is 20.2 Å². The van der Waals surface area contributed by atoms with Crippen LogP contribution in [-0.2, 0) is 17.9 Å². The van der Waals surface area contributed by atoms with E-state index in [4.69, 9.17) is 9.47 Å². The highest BCUT2D eigenvalue weighted by Crippen LogP contribution is 2.24. The number of guanidine groups is 1. The summed E-state index contributed by atoms with van der Waals surface area (Å²) in [6.07, 6.45) is 2.20. The fraction of sp³-hybridized carbons (Fsp3) is 0.409. The largest absolute Gasteiger partial charge is 0.489 e. The zero-order chi connectivity index (χ0) is 19.0. The van der Waals surface area contributed by atoms with Crippen LogP contribution in [0.3, 0.4) is 0 Å². The van der Waals surface area contributed by atoms with Crippen LogP contribution < -0.4 is 15.4 Å². The number of hydrogen-bond donors (Lipinski definition) is 2. The minimum Gasteiger partial charge on any atom is -0.489 e. The molecule has 0 radical (unpaired) electrons. The van der Waals surface area contributed by atoms with Gasteiger partial charge >= 0.3 is 0 Å². The van der Waals surface area contributed by atoms with Gasteiger partial charge in [-0.25, -0.2) is 0 Å². The molecular formula is C22H29N3O2. The molecule has 0 saturated carbocycles. The molecule has 1 fully saturated rings. The summed E-state index contributed by atoms with van der Waals surface area (Å²) in [6, 6.07) is 18.3. The lowest BCUT2D eigenvalue weighted by atomic mass is 10.0. The van der Waals surface area contributed by atoms with Gasteiger partial charge in [-0.1, -0.05) is 48.5 Å². The van der Waals surface area contributed by atoms with Crippen LogP contribution in [0.4, 0.5) is 0 Å². The van der Waals surface area contributed by atoms with Gasteiger partial charge in [0, 0.05) is 32.3 Å². The van der Waals surface area contributed by atoms with E-state index >= 15 is 0 Å². The van der Waals surface area contributed by atoms with Crippen molar-refractivity contribution >= 4 is 5.96 Å². The number of hydrogen-bond acceptors (Lipinski definition) is 3. The molecule has 0 spiro atoms. The Balaban J connectivity index is 1.53. The van der Waals surface area contributed by atoms with Gasteiger partial charge in [0.05, 0.1) is 5.60 Å². The van der Waals surface area contributed by atoms with E-state index in [1.807, 2.05) is 36.4 Å². The summed E-state index contributed by atoms with van der Waals surface area (Å²) in [7, 11) is 1.78. The average molecular weight is 367 g/mol. The highest BCUT2D eigenvalue weighted by Gasteiger charge is 2.29. The van der Waals surface area contributed by atoms with Crippen LogP contribution in [0.25, 0.3) is 0 Å². The maximum Gasteiger partial charge on any atom is 0.191 e. The molecule has 1 heterocycles. The molecule has 1 saturated heterocycles. The topological polar surface area (TPSA) is 54.9 Å². The first-order valence-corrected chi connectivity index (χ1v) is 9.52. The van der Waals surface area contributed by atoms with Crippen molar-refractivity contribution < 1.29 is 9.47 Å². The molecule has 3 rings (SSSR count). The van der Waals surface area contributed by atoms with Crippen molar-refractivity contribution in [3.8, 4) is 5.75 Å². The van der Waals surface area contributed by atoms with Crippen LogP contribution in [0.15, 0.2) is 59.6 Å². The molecule has 1 aliphatic rings. The summed E-state index contributed by atoms with van der Waals surface area (Å²) >= 11 is 0. The predicted molar refractivity (Wildman–Crippen MR) is 109 cm³/mol. The van der Waals surface area contributed by atoms with E-state index in [0.717, 1.165) is 48.8 Å². The summed E-state index contributed by atoms with van der Waals surface area (Å²) < 4.78 is 11.9. The Morgan fingerprint density at radius 2 is 1.89 bits per heavy atom. The smallest absolute Gasteiger partial charge is 0.191 e. The average Bonchev–Trinajstić information content (AvgIpc) is 3.15. The molecule has 2 aromatic carbocycles. The molecule has 2 aromatic rings. The number of aliphatic imine (C=N–C) groups is 1. The lowest BCUT2D eigenvalue weighted by Crippen LogP contribution is -2.45. The van der Waals surface area contributed by atoms with Crippen molar-refractivity contribution in [2.24, 2.45) is 4.99 Å². The second kappa shape index (κ2) is 9.42. The summed E-state index contributed by atoms with van der Waals surface area (Å²) in [6.45, 7) is 4.94. The van der Waals surface area contributed by atoms with Gasteiger partial charge in [-0.2, -0.15) is 0 Å². The molecule has 5 heteroatoms. The molecule has 2 N–H and O–H groups in total. The van der Waals surface area contributed by atoms with Crippen LogP contribution in [0.5, 0.6) is 5.75 Å². The highest BCUT2D eigenvalue weighted by molar-refractivity contribution is 5.79. The number of nitrogens with one attached hydrogen (secondary N) is 2. The van der Waals surface area contributed by atoms with Crippen molar-refractivity contribution in [3.63, 3.8) is 0 Å². The van der Waals surface area contributed by atoms with Gasteiger partial charge in [0.15, 0.2) is 5.96 Å². The molecule has 0 bridgehead atoms.